The summed E-state index contributed by atoms with van der Waals surface area (Å²) in [7, 11) is 0. The average Bonchev–Trinajstić information content (AvgIpc) is 2.79. The second-order valence-electron chi connectivity index (χ2n) is 8.01. The minimum atomic E-state index is -0.306. The van der Waals surface area contributed by atoms with Gasteiger partial charge in [0.25, 0.3) is 0 Å². The maximum absolute atomic E-state index is 13.1. The van der Waals surface area contributed by atoms with E-state index in [4.69, 9.17) is 0 Å². The molecule has 166 valence electrons. The summed E-state index contributed by atoms with van der Waals surface area (Å²) >= 11 is 0. The van der Waals surface area contributed by atoms with E-state index < -0.39 is 0 Å². The lowest BCUT2D eigenvalue weighted by molar-refractivity contribution is 0.587. The Hall–Kier alpha value is -4.13. The first-order chi connectivity index (χ1) is 15.8. The van der Waals surface area contributed by atoms with Gasteiger partial charge in [-0.05, 0) is 62.7 Å². The number of aromatic amines is 1. The van der Waals surface area contributed by atoms with Gasteiger partial charge in [0.1, 0.15) is 5.82 Å². The smallest absolute Gasteiger partial charge is 0.305 e. The van der Waals surface area contributed by atoms with Crippen molar-refractivity contribution in [3.8, 4) is 11.3 Å². The Morgan fingerprint density at radius 1 is 0.970 bits per heavy atom. The van der Waals surface area contributed by atoms with Crippen molar-refractivity contribution < 1.29 is 4.39 Å². The predicted molar refractivity (Wildman–Crippen MR) is 129 cm³/mol. The lowest BCUT2D eigenvalue weighted by Gasteiger charge is -2.16. The van der Waals surface area contributed by atoms with Crippen LogP contribution in [-0.2, 0) is 0 Å². The molecule has 2 heterocycles. The molecule has 0 aliphatic carbocycles. The highest BCUT2D eigenvalue weighted by atomic mass is 19.1. The standard InChI is InChI=1S/C18H17FN2O.C8H6N2O/c1-11(2)21-16-10-12(3)4-9-15(16)17(20-18(21)22)13-5-7-14(19)8-6-13;11-8-9-5-6-3-1-2-4-7(6)10-8/h4-11H,1-3H3;1-5H,(H,9,10,11). The van der Waals surface area contributed by atoms with E-state index in [0.29, 0.717) is 5.69 Å². The number of para-hydroxylation sites is 1. The molecule has 1 N–H and O–H groups in total. The Labute approximate surface area is 189 Å². The predicted octanol–water partition coefficient (Wildman–Crippen LogP) is 5.02. The van der Waals surface area contributed by atoms with Crippen LogP contribution < -0.4 is 11.4 Å². The summed E-state index contributed by atoms with van der Waals surface area (Å²) in [4.78, 5) is 33.6. The molecule has 0 atom stereocenters. The maximum atomic E-state index is 13.1. The minimum Gasteiger partial charge on any atom is -0.305 e. The fraction of sp³-hybridized carbons (Fsp3) is 0.154. The number of rotatable bonds is 2. The first-order valence-electron chi connectivity index (χ1n) is 10.6. The third-order valence-electron chi connectivity index (χ3n) is 5.24. The number of nitrogens with one attached hydrogen (secondary N) is 1. The Bertz CT molecular complexity index is 1550. The Kier molecular flexibility index (Phi) is 6.13. The van der Waals surface area contributed by atoms with Gasteiger partial charge in [-0.2, -0.15) is 4.98 Å². The first kappa shape index (κ1) is 22.1. The molecule has 0 bridgehead atoms. The number of hydrogen-bond acceptors (Lipinski definition) is 4. The number of aromatic nitrogens is 4. The number of aryl methyl sites for hydroxylation is 1. The zero-order chi connectivity index (χ0) is 23.5. The molecule has 2 aromatic heterocycles. The van der Waals surface area contributed by atoms with Gasteiger partial charge in [0.05, 0.1) is 16.7 Å². The van der Waals surface area contributed by atoms with E-state index in [0.717, 1.165) is 32.9 Å². The summed E-state index contributed by atoms with van der Waals surface area (Å²) in [5, 5.41) is 1.85. The van der Waals surface area contributed by atoms with Crippen molar-refractivity contribution in [3.05, 3.63) is 105 Å². The van der Waals surface area contributed by atoms with Crippen molar-refractivity contribution in [1.29, 1.82) is 0 Å². The van der Waals surface area contributed by atoms with Crippen LogP contribution in [-0.4, -0.2) is 19.5 Å². The van der Waals surface area contributed by atoms with Gasteiger partial charge >= 0.3 is 11.4 Å². The van der Waals surface area contributed by atoms with Gasteiger partial charge in [0, 0.05) is 28.6 Å². The normalized spacial score (nSPS) is 10.9. The molecule has 0 amide bonds. The summed E-state index contributed by atoms with van der Waals surface area (Å²) in [6.45, 7) is 5.91. The van der Waals surface area contributed by atoms with Gasteiger partial charge in [0.2, 0.25) is 0 Å². The quantitative estimate of drug-likeness (QED) is 0.417. The highest BCUT2D eigenvalue weighted by Gasteiger charge is 2.14. The fourth-order valence-electron chi connectivity index (χ4n) is 3.68. The van der Waals surface area contributed by atoms with E-state index in [2.05, 4.69) is 15.0 Å². The van der Waals surface area contributed by atoms with Crippen LogP contribution in [0.1, 0.15) is 25.5 Å². The van der Waals surface area contributed by atoms with Crippen molar-refractivity contribution >= 4 is 21.8 Å². The monoisotopic (exact) mass is 442 g/mol. The molecule has 7 heteroatoms. The van der Waals surface area contributed by atoms with Crippen LogP contribution in [0.2, 0.25) is 0 Å². The summed E-state index contributed by atoms with van der Waals surface area (Å²) in [6, 6.07) is 19.6. The molecule has 0 aliphatic heterocycles. The third kappa shape index (κ3) is 4.72. The van der Waals surface area contributed by atoms with Crippen LogP contribution in [0.3, 0.4) is 0 Å². The van der Waals surface area contributed by atoms with Crippen molar-refractivity contribution in [2.24, 2.45) is 0 Å². The lowest BCUT2D eigenvalue weighted by Crippen LogP contribution is -2.25. The van der Waals surface area contributed by atoms with E-state index in [9.17, 15) is 14.0 Å². The van der Waals surface area contributed by atoms with Crippen molar-refractivity contribution in [2.75, 3.05) is 0 Å². The Morgan fingerprint density at radius 2 is 1.70 bits per heavy atom. The van der Waals surface area contributed by atoms with Crippen LogP contribution in [0.4, 0.5) is 4.39 Å². The molecule has 5 rings (SSSR count). The molecule has 0 radical (unpaired) electrons. The summed E-state index contributed by atoms with van der Waals surface area (Å²) in [5.74, 6) is -0.306. The molecule has 0 saturated carbocycles. The molecular formula is C26H23FN4O2. The molecule has 5 aromatic rings. The molecule has 6 nitrogen and oxygen atoms in total. The van der Waals surface area contributed by atoms with E-state index in [1.165, 1.54) is 12.1 Å². The number of nitrogens with zero attached hydrogens (tertiary/aromatic N) is 3. The largest absolute Gasteiger partial charge is 0.348 e. The van der Waals surface area contributed by atoms with Gasteiger partial charge in [-0.3, -0.25) is 4.57 Å². The Morgan fingerprint density at radius 3 is 2.42 bits per heavy atom. The van der Waals surface area contributed by atoms with E-state index in [-0.39, 0.29) is 23.2 Å². The van der Waals surface area contributed by atoms with Crippen LogP contribution in [0.5, 0.6) is 0 Å². The molecule has 3 aromatic carbocycles. The lowest BCUT2D eigenvalue weighted by atomic mass is 10.0. The van der Waals surface area contributed by atoms with Crippen LogP contribution >= 0.6 is 0 Å². The maximum Gasteiger partial charge on any atom is 0.348 e. The van der Waals surface area contributed by atoms with Crippen LogP contribution in [0.25, 0.3) is 33.1 Å². The number of benzene rings is 3. The summed E-state index contributed by atoms with van der Waals surface area (Å²) in [6.07, 6.45) is 1.56. The number of fused-ring (bicyclic) bond motifs is 2. The zero-order valence-corrected chi connectivity index (χ0v) is 18.5. The van der Waals surface area contributed by atoms with Crippen LogP contribution in [0, 0.1) is 12.7 Å². The SMILES string of the molecule is Cc1ccc2c(-c3ccc(F)cc3)nc(=O)n(C(C)C)c2c1.O=c1ncc2ccccc2[nH]1. The fourth-order valence-corrected chi connectivity index (χ4v) is 3.68. The first-order valence-corrected chi connectivity index (χ1v) is 10.6. The van der Waals surface area contributed by atoms with Crippen molar-refractivity contribution in [2.45, 2.75) is 26.8 Å². The molecule has 0 aliphatic rings. The van der Waals surface area contributed by atoms with Crippen LogP contribution in [0.15, 0.2) is 82.5 Å². The van der Waals surface area contributed by atoms with Gasteiger partial charge in [-0.1, -0.05) is 30.3 Å². The number of hydrogen-bond donors (Lipinski definition) is 1. The number of halogens is 1. The van der Waals surface area contributed by atoms with E-state index in [1.807, 2.05) is 63.2 Å². The van der Waals surface area contributed by atoms with Gasteiger partial charge in [0.15, 0.2) is 0 Å². The number of H-pyrrole nitrogens is 1. The molecule has 0 unspecified atom stereocenters. The van der Waals surface area contributed by atoms with E-state index >= 15 is 0 Å². The van der Waals surface area contributed by atoms with Gasteiger partial charge in [-0.25, -0.2) is 19.0 Å². The van der Waals surface area contributed by atoms with Crippen molar-refractivity contribution in [1.82, 2.24) is 19.5 Å². The third-order valence-corrected chi connectivity index (χ3v) is 5.24. The highest BCUT2D eigenvalue weighted by molar-refractivity contribution is 5.92. The molecule has 0 spiro atoms. The summed E-state index contributed by atoms with van der Waals surface area (Å²) < 4.78 is 14.8. The second-order valence-corrected chi connectivity index (χ2v) is 8.01. The average molecular weight is 442 g/mol. The van der Waals surface area contributed by atoms with E-state index in [1.54, 1.807) is 22.9 Å². The molecule has 0 saturated heterocycles. The zero-order valence-electron chi connectivity index (χ0n) is 18.5. The van der Waals surface area contributed by atoms with Gasteiger partial charge in [-0.15, -0.1) is 0 Å². The summed E-state index contributed by atoms with van der Waals surface area (Å²) in [5.41, 5.74) is 3.51. The van der Waals surface area contributed by atoms with Gasteiger partial charge < -0.3 is 4.98 Å². The Balaban J connectivity index is 0.000000196. The van der Waals surface area contributed by atoms with Crippen molar-refractivity contribution in [3.63, 3.8) is 0 Å². The molecule has 0 fully saturated rings. The highest BCUT2D eigenvalue weighted by Crippen LogP contribution is 2.27. The topological polar surface area (TPSA) is 80.6 Å². The second kappa shape index (κ2) is 9.16. The molecular weight excluding hydrogens is 419 g/mol. The molecule has 33 heavy (non-hydrogen) atoms. The minimum absolute atomic E-state index is 0.0200.